The molecule has 0 bridgehead atoms. The van der Waals surface area contributed by atoms with Gasteiger partial charge in [-0.2, -0.15) is 0 Å². The molecule has 0 radical (unpaired) electrons. The van der Waals surface area contributed by atoms with E-state index in [1.807, 2.05) is 6.92 Å². The Morgan fingerprint density at radius 1 is 1.41 bits per heavy atom. The van der Waals surface area contributed by atoms with Crippen LogP contribution in [0.1, 0.15) is 37.5 Å². The zero-order valence-electron chi connectivity index (χ0n) is 12.1. The molecule has 116 valence electrons. The van der Waals surface area contributed by atoms with Crippen LogP contribution in [0.15, 0.2) is 18.2 Å². The smallest absolute Gasteiger partial charge is 0.271 e. The van der Waals surface area contributed by atoms with Crippen LogP contribution in [0.2, 0.25) is 5.02 Å². The van der Waals surface area contributed by atoms with E-state index in [9.17, 15) is 10.1 Å². The average molecular weight is 322 g/mol. The lowest BCUT2D eigenvalue weighted by atomic mass is 10.1. The number of hydrogen-bond donors (Lipinski definition) is 1. The summed E-state index contributed by atoms with van der Waals surface area (Å²) in [5, 5.41) is 22.8. The van der Waals surface area contributed by atoms with Crippen LogP contribution in [-0.2, 0) is 13.0 Å². The molecule has 2 aromatic rings. The van der Waals surface area contributed by atoms with E-state index >= 15 is 0 Å². The van der Waals surface area contributed by atoms with Gasteiger partial charge in [0.1, 0.15) is 5.82 Å². The van der Waals surface area contributed by atoms with Gasteiger partial charge in [0.05, 0.1) is 21.7 Å². The monoisotopic (exact) mass is 321 g/mol. The third-order valence-electron chi connectivity index (χ3n) is 3.81. The normalized spacial score (nSPS) is 15.2. The van der Waals surface area contributed by atoms with Gasteiger partial charge in [0.25, 0.3) is 5.69 Å². The maximum Gasteiger partial charge on any atom is 0.271 e. The maximum atomic E-state index is 10.7. The fraction of sp³-hybridized carbons (Fsp3) is 0.429. The second kappa shape index (κ2) is 5.92. The molecular weight excluding hydrogens is 306 g/mol. The lowest BCUT2D eigenvalue weighted by Crippen LogP contribution is -2.18. The molecule has 1 aliphatic heterocycles. The molecule has 0 saturated heterocycles. The van der Waals surface area contributed by atoms with E-state index in [4.69, 9.17) is 11.6 Å². The highest BCUT2D eigenvalue weighted by molar-refractivity contribution is 6.33. The average Bonchev–Trinajstić information content (AvgIpc) is 2.93. The summed E-state index contributed by atoms with van der Waals surface area (Å²) < 4.78 is 2.14. The van der Waals surface area contributed by atoms with Crippen LogP contribution in [0.5, 0.6) is 0 Å². The number of nitro benzene ring substituents is 1. The number of aromatic nitrogens is 3. The third kappa shape index (κ3) is 2.76. The predicted octanol–water partition coefficient (Wildman–Crippen LogP) is 3.35. The van der Waals surface area contributed by atoms with Crippen LogP contribution in [0, 0.1) is 10.1 Å². The van der Waals surface area contributed by atoms with Crippen molar-refractivity contribution in [2.24, 2.45) is 0 Å². The molecule has 0 fully saturated rings. The lowest BCUT2D eigenvalue weighted by Gasteiger charge is -2.19. The van der Waals surface area contributed by atoms with Crippen molar-refractivity contribution < 1.29 is 4.92 Å². The quantitative estimate of drug-likeness (QED) is 0.689. The number of anilines is 1. The molecule has 1 aliphatic rings. The van der Waals surface area contributed by atoms with E-state index in [2.05, 4.69) is 20.1 Å². The van der Waals surface area contributed by atoms with Gasteiger partial charge in [0.2, 0.25) is 0 Å². The van der Waals surface area contributed by atoms with E-state index in [1.54, 1.807) is 6.07 Å². The topological polar surface area (TPSA) is 85.9 Å². The Kier molecular flexibility index (Phi) is 3.98. The summed E-state index contributed by atoms with van der Waals surface area (Å²) in [6.45, 7) is 2.90. The van der Waals surface area contributed by atoms with Gasteiger partial charge in [0.15, 0.2) is 5.82 Å². The standard InChI is InChI=1S/C14H16ClN5O2/c1-9(14-18-17-13-4-2-3-7-19(13)14)16-12-6-5-10(20(21)22)8-11(12)15/h5-6,8-9,16H,2-4,7H2,1H3. The third-order valence-corrected chi connectivity index (χ3v) is 4.12. The van der Waals surface area contributed by atoms with Crippen LogP contribution < -0.4 is 5.32 Å². The summed E-state index contributed by atoms with van der Waals surface area (Å²) in [5.74, 6) is 1.88. The molecule has 0 spiro atoms. The molecule has 0 amide bonds. The van der Waals surface area contributed by atoms with Gasteiger partial charge in [-0.1, -0.05) is 11.6 Å². The molecule has 0 aliphatic carbocycles. The first-order valence-electron chi connectivity index (χ1n) is 7.18. The number of non-ortho nitro benzene ring substituents is 1. The zero-order chi connectivity index (χ0) is 15.7. The molecule has 7 nitrogen and oxygen atoms in total. The van der Waals surface area contributed by atoms with E-state index < -0.39 is 4.92 Å². The SMILES string of the molecule is CC(Nc1ccc([N+](=O)[O-])cc1Cl)c1nnc2n1CCCC2. The largest absolute Gasteiger partial charge is 0.374 e. The number of fused-ring (bicyclic) bond motifs is 1. The summed E-state index contributed by atoms with van der Waals surface area (Å²) in [6, 6.07) is 4.30. The van der Waals surface area contributed by atoms with Gasteiger partial charge in [0, 0.05) is 25.1 Å². The fourth-order valence-corrected chi connectivity index (χ4v) is 2.91. The highest BCUT2D eigenvalue weighted by Crippen LogP contribution is 2.30. The highest BCUT2D eigenvalue weighted by atomic mass is 35.5. The Balaban J connectivity index is 1.81. The van der Waals surface area contributed by atoms with Crippen molar-refractivity contribution >= 4 is 23.0 Å². The number of nitrogens with zero attached hydrogens (tertiary/aromatic N) is 4. The van der Waals surface area contributed by atoms with Crippen LogP contribution >= 0.6 is 11.6 Å². The van der Waals surface area contributed by atoms with Gasteiger partial charge in [-0.05, 0) is 25.8 Å². The predicted molar refractivity (Wildman–Crippen MR) is 83.1 cm³/mol. The summed E-state index contributed by atoms with van der Waals surface area (Å²) >= 11 is 6.11. The Hall–Kier alpha value is -2.15. The van der Waals surface area contributed by atoms with Crippen molar-refractivity contribution in [3.8, 4) is 0 Å². The van der Waals surface area contributed by atoms with Gasteiger partial charge >= 0.3 is 0 Å². The van der Waals surface area contributed by atoms with Crippen LogP contribution in [-0.4, -0.2) is 19.7 Å². The Morgan fingerprint density at radius 3 is 2.95 bits per heavy atom. The molecular formula is C14H16ClN5O2. The second-order valence-corrected chi connectivity index (χ2v) is 5.78. The minimum Gasteiger partial charge on any atom is -0.374 e. The number of benzene rings is 1. The molecule has 1 aromatic heterocycles. The Bertz CT molecular complexity index is 715. The molecule has 22 heavy (non-hydrogen) atoms. The van der Waals surface area contributed by atoms with Crippen molar-refractivity contribution in [2.75, 3.05) is 5.32 Å². The van der Waals surface area contributed by atoms with Crippen molar-refractivity contribution in [3.05, 3.63) is 45.0 Å². The summed E-state index contributed by atoms with van der Waals surface area (Å²) in [7, 11) is 0. The van der Waals surface area contributed by atoms with E-state index in [1.165, 1.54) is 12.1 Å². The summed E-state index contributed by atoms with van der Waals surface area (Å²) in [4.78, 5) is 10.3. The van der Waals surface area contributed by atoms with Crippen LogP contribution in [0.4, 0.5) is 11.4 Å². The molecule has 2 heterocycles. The molecule has 8 heteroatoms. The summed E-state index contributed by atoms with van der Waals surface area (Å²) in [5.41, 5.74) is 0.621. The minimum atomic E-state index is -0.464. The number of rotatable bonds is 4. The minimum absolute atomic E-state index is 0.0249. The van der Waals surface area contributed by atoms with Gasteiger partial charge < -0.3 is 9.88 Å². The van der Waals surface area contributed by atoms with Crippen LogP contribution in [0.3, 0.4) is 0 Å². The molecule has 3 rings (SSSR count). The Labute approximate surface area is 132 Å². The molecule has 0 saturated carbocycles. The van der Waals surface area contributed by atoms with Gasteiger partial charge in [-0.25, -0.2) is 0 Å². The highest BCUT2D eigenvalue weighted by Gasteiger charge is 2.20. The number of halogens is 1. The Morgan fingerprint density at radius 2 is 2.23 bits per heavy atom. The van der Waals surface area contributed by atoms with Gasteiger partial charge in [-0.15, -0.1) is 10.2 Å². The first-order valence-corrected chi connectivity index (χ1v) is 7.56. The number of nitrogens with one attached hydrogen (secondary N) is 1. The molecule has 1 atom stereocenters. The van der Waals surface area contributed by atoms with Crippen molar-refractivity contribution in [1.82, 2.24) is 14.8 Å². The fourth-order valence-electron chi connectivity index (χ4n) is 2.68. The first-order chi connectivity index (χ1) is 10.6. The van der Waals surface area contributed by atoms with E-state index in [-0.39, 0.29) is 11.7 Å². The zero-order valence-corrected chi connectivity index (χ0v) is 12.9. The van der Waals surface area contributed by atoms with Crippen molar-refractivity contribution in [2.45, 2.75) is 38.8 Å². The number of hydrogen-bond acceptors (Lipinski definition) is 5. The van der Waals surface area contributed by atoms with E-state index in [0.29, 0.717) is 10.7 Å². The van der Waals surface area contributed by atoms with E-state index in [0.717, 1.165) is 37.5 Å². The van der Waals surface area contributed by atoms with Crippen molar-refractivity contribution in [3.63, 3.8) is 0 Å². The summed E-state index contributed by atoms with van der Waals surface area (Å²) in [6.07, 6.45) is 3.23. The second-order valence-electron chi connectivity index (χ2n) is 5.37. The number of aryl methyl sites for hydroxylation is 1. The van der Waals surface area contributed by atoms with Crippen LogP contribution in [0.25, 0.3) is 0 Å². The molecule has 1 N–H and O–H groups in total. The maximum absolute atomic E-state index is 10.7. The van der Waals surface area contributed by atoms with Crippen molar-refractivity contribution in [1.29, 1.82) is 0 Å². The lowest BCUT2D eigenvalue weighted by molar-refractivity contribution is -0.384. The molecule has 1 aromatic carbocycles. The first kappa shape index (κ1) is 14.8. The molecule has 1 unspecified atom stereocenters. The van der Waals surface area contributed by atoms with Gasteiger partial charge in [-0.3, -0.25) is 10.1 Å². The number of nitro groups is 1.